The van der Waals surface area contributed by atoms with Gasteiger partial charge in [0.15, 0.2) is 0 Å². The lowest BCUT2D eigenvalue weighted by Crippen LogP contribution is -2.33. The molecule has 0 aromatic heterocycles. The Kier molecular flexibility index (Phi) is 6.02. The largest absolute Gasteiger partial charge is 0.481 e. The second-order valence-corrected chi connectivity index (χ2v) is 5.80. The normalized spacial score (nSPS) is 12.2. The number of amides is 1. The molecule has 1 rings (SSSR count). The predicted octanol–water partition coefficient (Wildman–Crippen LogP) is 2.93. The van der Waals surface area contributed by atoms with Crippen LogP contribution in [0, 0.1) is 11.8 Å². The molecule has 4 nitrogen and oxygen atoms in total. The molecule has 1 amide bonds. The van der Waals surface area contributed by atoms with Crippen LogP contribution in [0.25, 0.3) is 0 Å². The van der Waals surface area contributed by atoms with Gasteiger partial charge < -0.3 is 10.4 Å². The maximum atomic E-state index is 11.9. The second kappa shape index (κ2) is 7.28. The average molecular weight is 328 g/mol. The van der Waals surface area contributed by atoms with E-state index in [9.17, 15) is 9.59 Å². The van der Waals surface area contributed by atoms with Gasteiger partial charge in [0.05, 0.1) is 5.92 Å². The number of carbonyl (C=O) groups is 2. The summed E-state index contributed by atoms with van der Waals surface area (Å²) in [6, 6.07) is 6.99. The second-order valence-electron chi connectivity index (χ2n) is 4.89. The molecule has 1 unspecified atom stereocenters. The van der Waals surface area contributed by atoms with Crippen LogP contribution in [0.2, 0.25) is 0 Å². The Balaban J connectivity index is 2.59. The van der Waals surface area contributed by atoms with Crippen molar-refractivity contribution in [3.63, 3.8) is 0 Å². The first-order valence-corrected chi connectivity index (χ1v) is 6.96. The first kappa shape index (κ1) is 15.7. The first-order chi connectivity index (χ1) is 8.90. The fraction of sp³-hybridized carbons (Fsp3) is 0.429. The summed E-state index contributed by atoms with van der Waals surface area (Å²) in [5.41, 5.74) is 0.517. The van der Waals surface area contributed by atoms with Gasteiger partial charge >= 0.3 is 5.97 Å². The molecule has 0 aliphatic carbocycles. The lowest BCUT2D eigenvalue weighted by atomic mass is 9.97. The van der Waals surface area contributed by atoms with E-state index in [0.29, 0.717) is 12.0 Å². The lowest BCUT2D eigenvalue weighted by Gasteiger charge is -2.15. The zero-order chi connectivity index (χ0) is 14.4. The van der Waals surface area contributed by atoms with Crippen molar-refractivity contribution in [3.05, 3.63) is 34.3 Å². The minimum Gasteiger partial charge on any atom is -0.481 e. The number of carboxylic acid groups (broad SMARTS) is 1. The van der Waals surface area contributed by atoms with Gasteiger partial charge in [-0.15, -0.1) is 0 Å². The molecular formula is C14H18BrNO3. The summed E-state index contributed by atoms with van der Waals surface area (Å²) in [6.45, 7) is 4.08. The maximum Gasteiger partial charge on any atom is 0.308 e. The van der Waals surface area contributed by atoms with Crippen molar-refractivity contribution in [2.75, 3.05) is 6.54 Å². The minimum atomic E-state index is -0.872. The summed E-state index contributed by atoms with van der Waals surface area (Å²) < 4.78 is 0.817. The highest BCUT2D eigenvalue weighted by Gasteiger charge is 2.19. The number of carbonyl (C=O) groups excluding carboxylic acids is 1. The molecule has 0 saturated carbocycles. The summed E-state index contributed by atoms with van der Waals surface area (Å²) in [4.78, 5) is 23.0. The molecule has 0 heterocycles. The Morgan fingerprint density at radius 1 is 1.37 bits per heavy atom. The highest BCUT2D eigenvalue weighted by Crippen LogP contribution is 2.13. The van der Waals surface area contributed by atoms with Gasteiger partial charge in [0.2, 0.25) is 0 Å². The van der Waals surface area contributed by atoms with Gasteiger partial charge in [-0.25, -0.2) is 0 Å². The maximum absolute atomic E-state index is 11.9. The summed E-state index contributed by atoms with van der Waals surface area (Å²) in [5.74, 6) is -1.39. The van der Waals surface area contributed by atoms with E-state index in [4.69, 9.17) is 5.11 Å². The van der Waals surface area contributed by atoms with Crippen LogP contribution in [0.3, 0.4) is 0 Å². The molecule has 1 atom stereocenters. The fourth-order valence-electron chi connectivity index (χ4n) is 1.79. The van der Waals surface area contributed by atoms with E-state index in [1.54, 1.807) is 18.2 Å². The molecule has 0 aliphatic rings. The topological polar surface area (TPSA) is 66.4 Å². The van der Waals surface area contributed by atoms with Crippen LogP contribution in [-0.2, 0) is 4.79 Å². The Bertz CT molecular complexity index is 460. The van der Waals surface area contributed by atoms with Crippen molar-refractivity contribution >= 4 is 27.8 Å². The number of halogens is 1. The third kappa shape index (κ3) is 5.42. The lowest BCUT2D eigenvalue weighted by molar-refractivity contribution is -0.142. The Morgan fingerprint density at radius 2 is 2.05 bits per heavy atom. The van der Waals surface area contributed by atoms with Crippen molar-refractivity contribution in [2.24, 2.45) is 11.8 Å². The van der Waals surface area contributed by atoms with Crippen molar-refractivity contribution in [1.82, 2.24) is 5.32 Å². The van der Waals surface area contributed by atoms with Crippen LogP contribution in [-0.4, -0.2) is 23.5 Å². The van der Waals surface area contributed by atoms with Crippen molar-refractivity contribution in [1.29, 1.82) is 0 Å². The van der Waals surface area contributed by atoms with Crippen LogP contribution in [0.15, 0.2) is 28.7 Å². The fourth-order valence-corrected chi connectivity index (χ4v) is 2.19. The van der Waals surface area contributed by atoms with Gasteiger partial charge in [0.25, 0.3) is 5.91 Å². The van der Waals surface area contributed by atoms with Crippen LogP contribution in [0.4, 0.5) is 0 Å². The summed E-state index contributed by atoms with van der Waals surface area (Å²) in [5, 5.41) is 11.8. The third-order valence-corrected chi connectivity index (χ3v) is 3.19. The molecule has 0 saturated heterocycles. The quantitative estimate of drug-likeness (QED) is 0.844. The average Bonchev–Trinajstić information content (AvgIpc) is 2.33. The summed E-state index contributed by atoms with van der Waals surface area (Å²) in [7, 11) is 0. The summed E-state index contributed by atoms with van der Waals surface area (Å²) >= 11 is 3.29. The van der Waals surface area contributed by atoms with Crippen LogP contribution in [0.1, 0.15) is 30.6 Å². The highest BCUT2D eigenvalue weighted by molar-refractivity contribution is 9.10. The Morgan fingerprint density at radius 3 is 2.58 bits per heavy atom. The van der Waals surface area contributed by atoms with Crippen LogP contribution >= 0.6 is 15.9 Å². The monoisotopic (exact) mass is 327 g/mol. The van der Waals surface area contributed by atoms with E-state index in [1.807, 2.05) is 19.9 Å². The Hall–Kier alpha value is -1.36. The molecule has 19 heavy (non-hydrogen) atoms. The molecule has 0 radical (unpaired) electrons. The van der Waals surface area contributed by atoms with E-state index < -0.39 is 11.9 Å². The number of aliphatic carboxylic acids is 1. The minimum absolute atomic E-state index is 0.152. The molecule has 0 spiro atoms. The third-order valence-electron chi connectivity index (χ3n) is 2.70. The number of benzene rings is 1. The smallest absolute Gasteiger partial charge is 0.308 e. The molecule has 0 aliphatic heterocycles. The molecule has 1 aromatic carbocycles. The van der Waals surface area contributed by atoms with Gasteiger partial charge in [-0.1, -0.05) is 35.8 Å². The van der Waals surface area contributed by atoms with Gasteiger partial charge in [0.1, 0.15) is 0 Å². The first-order valence-electron chi connectivity index (χ1n) is 6.16. The number of nitrogens with one attached hydrogen (secondary N) is 1. The predicted molar refractivity (Wildman–Crippen MR) is 77.1 cm³/mol. The molecule has 2 N–H and O–H groups in total. The van der Waals surface area contributed by atoms with Gasteiger partial charge in [-0.2, -0.15) is 0 Å². The molecule has 0 bridgehead atoms. The van der Waals surface area contributed by atoms with Crippen molar-refractivity contribution < 1.29 is 14.7 Å². The zero-order valence-corrected chi connectivity index (χ0v) is 12.6. The van der Waals surface area contributed by atoms with E-state index in [2.05, 4.69) is 21.2 Å². The van der Waals surface area contributed by atoms with Gasteiger partial charge in [-0.3, -0.25) is 9.59 Å². The molecule has 5 heteroatoms. The Labute approximate surface area is 121 Å². The number of carboxylic acids is 1. The molecule has 1 aromatic rings. The molecule has 104 valence electrons. The zero-order valence-electron chi connectivity index (χ0n) is 11.0. The van der Waals surface area contributed by atoms with Crippen LogP contribution < -0.4 is 5.32 Å². The standard InChI is InChI=1S/C14H18BrNO3/c1-9(2)6-11(14(18)19)8-16-13(17)10-4-3-5-12(15)7-10/h3-5,7,9,11H,6,8H2,1-2H3,(H,16,17)(H,18,19). The number of hydrogen-bond donors (Lipinski definition) is 2. The summed E-state index contributed by atoms with van der Waals surface area (Å²) in [6.07, 6.45) is 0.550. The van der Waals surface area contributed by atoms with E-state index in [1.165, 1.54) is 0 Å². The van der Waals surface area contributed by atoms with Crippen LogP contribution in [0.5, 0.6) is 0 Å². The van der Waals surface area contributed by atoms with Gasteiger partial charge in [0, 0.05) is 16.6 Å². The van der Waals surface area contributed by atoms with E-state index >= 15 is 0 Å². The number of rotatable bonds is 6. The van der Waals surface area contributed by atoms with Gasteiger partial charge in [-0.05, 0) is 30.5 Å². The van der Waals surface area contributed by atoms with E-state index in [0.717, 1.165) is 4.47 Å². The SMILES string of the molecule is CC(C)CC(CNC(=O)c1cccc(Br)c1)C(=O)O. The number of hydrogen-bond acceptors (Lipinski definition) is 2. The van der Waals surface area contributed by atoms with Crippen molar-refractivity contribution in [3.8, 4) is 0 Å². The molecule has 0 fully saturated rings. The van der Waals surface area contributed by atoms with E-state index in [-0.39, 0.29) is 18.4 Å². The van der Waals surface area contributed by atoms with Crippen molar-refractivity contribution in [2.45, 2.75) is 20.3 Å². The molecular weight excluding hydrogens is 310 g/mol. The highest BCUT2D eigenvalue weighted by atomic mass is 79.9.